The first-order chi connectivity index (χ1) is 13.9. The van der Waals surface area contributed by atoms with E-state index in [0.29, 0.717) is 23.1 Å². The van der Waals surface area contributed by atoms with Crippen LogP contribution in [0.2, 0.25) is 0 Å². The molecular weight excluding hydrogens is 410 g/mol. The molecule has 0 aliphatic carbocycles. The molecule has 148 valence electrons. The Morgan fingerprint density at radius 1 is 1.28 bits per heavy atom. The maximum Gasteiger partial charge on any atom is 0.324 e. The molecule has 1 amide bonds. The van der Waals surface area contributed by atoms with Crippen molar-refractivity contribution in [3.63, 3.8) is 0 Å². The van der Waals surface area contributed by atoms with Crippen molar-refractivity contribution >= 4 is 48.9 Å². The van der Waals surface area contributed by atoms with Gasteiger partial charge in [0.25, 0.3) is 5.91 Å². The van der Waals surface area contributed by atoms with E-state index in [1.54, 1.807) is 15.8 Å². The van der Waals surface area contributed by atoms with Gasteiger partial charge >= 0.3 is 5.00 Å². The van der Waals surface area contributed by atoms with Crippen LogP contribution >= 0.6 is 22.7 Å². The summed E-state index contributed by atoms with van der Waals surface area (Å²) in [5.41, 5.74) is 3.05. The van der Waals surface area contributed by atoms with Crippen molar-refractivity contribution < 1.29 is 9.72 Å². The van der Waals surface area contributed by atoms with Crippen molar-refractivity contribution in [2.45, 2.75) is 20.4 Å². The molecule has 0 bridgehead atoms. The molecule has 0 N–H and O–H groups in total. The number of benzene rings is 1. The summed E-state index contributed by atoms with van der Waals surface area (Å²) in [6.07, 6.45) is 3.50. The van der Waals surface area contributed by atoms with Crippen molar-refractivity contribution in [1.82, 2.24) is 14.8 Å². The summed E-state index contributed by atoms with van der Waals surface area (Å²) < 4.78 is 2.74. The summed E-state index contributed by atoms with van der Waals surface area (Å²) in [6, 6.07) is 8.78. The summed E-state index contributed by atoms with van der Waals surface area (Å²) in [5, 5.41) is 15.7. The van der Waals surface area contributed by atoms with Gasteiger partial charge in [0.05, 0.1) is 26.6 Å². The lowest BCUT2D eigenvalue weighted by molar-refractivity contribution is -0.380. The minimum Gasteiger partial charge on any atom is -0.281 e. The van der Waals surface area contributed by atoms with Crippen LogP contribution in [0, 0.1) is 24.0 Å². The summed E-state index contributed by atoms with van der Waals surface area (Å²) >= 11 is 2.31. The smallest absolute Gasteiger partial charge is 0.281 e. The quantitative estimate of drug-likeness (QED) is 0.335. The fraction of sp³-hybridized carbons (Fsp3) is 0.211. The summed E-state index contributed by atoms with van der Waals surface area (Å²) in [6.45, 7) is 4.86. The number of aryl methyl sites for hydroxylation is 2. The number of amides is 1. The molecule has 0 aliphatic rings. The SMILES string of the molecule is Cc1cc(C)c2nc(N(CCn3cccn3)C(=O)c3ccc([N+](=O)[O-])s3)sc2c1. The van der Waals surface area contributed by atoms with E-state index in [4.69, 9.17) is 4.98 Å². The monoisotopic (exact) mass is 427 g/mol. The zero-order valence-corrected chi connectivity index (χ0v) is 17.4. The Balaban J connectivity index is 1.72. The van der Waals surface area contributed by atoms with Gasteiger partial charge in [-0.1, -0.05) is 28.7 Å². The number of aromatic nitrogens is 3. The molecule has 0 fully saturated rings. The number of fused-ring (bicyclic) bond motifs is 1. The van der Waals surface area contributed by atoms with E-state index >= 15 is 0 Å². The van der Waals surface area contributed by atoms with Crippen LogP contribution in [-0.4, -0.2) is 32.1 Å². The standard InChI is InChI=1S/C19H17N5O3S2/c1-12-10-13(2)17-15(11-12)29-19(21-17)23(9-8-22-7-3-6-20-22)18(25)14-4-5-16(28-14)24(26)27/h3-7,10-11H,8-9H2,1-2H3. The topological polar surface area (TPSA) is 94.2 Å². The molecule has 10 heteroatoms. The number of rotatable bonds is 6. The van der Waals surface area contributed by atoms with Crippen LogP contribution in [0.15, 0.2) is 42.7 Å². The number of hydrogen-bond donors (Lipinski definition) is 0. The second kappa shape index (κ2) is 7.72. The van der Waals surface area contributed by atoms with Crippen molar-refractivity contribution in [2.24, 2.45) is 0 Å². The Bertz CT molecular complexity index is 1200. The summed E-state index contributed by atoms with van der Waals surface area (Å²) in [4.78, 5) is 30.3. The molecule has 0 radical (unpaired) electrons. The van der Waals surface area contributed by atoms with E-state index in [-0.39, 0.29) is 10.9 Å². The Kier molecular flexibility index (Phi) is 5.12. The number of thiophene rings is 1. The molecule has 0 saturated carbocycles. The molecule has 3 aromatic heterocycles. The van der Waals surface area contributed by atoms with Gasteiger partial charge in [-0.25, -0.2) is 4.98 Å². The Hall–Kier alpha value is -3.11. The van der Waals surface area contributed by atoms with E-state index in [1.165, 1.54) is 23.5 Å². The minimum atomic E-state index is -0.487. The predicted octanol–water partition coefficient (Wildman–Crippen LogP) is 4.43. The van der Waals surface area contributed by atoms with Gasteiger partial charge in [-0.05, 0) is 43.2 Å². The maximum atomic E-state index is 13.2. The first kappa shape index (κ1) is 19.2. The van der Waals surface area contributed by atoms with Gasteiger partial charge in [0.15, 0.2) is 5.13 Å². The van der Waals surface area contributed by atoms with Gasteiger partial charge in [0.1, 0.15) is 0 Å². The molecule has 0 atom stereocenters. The van der Waals surface area contributed by atoms with E-state index in [2.05, 4.69) is 17.2 Å². The molecule has 4 aromatic rings. The van der Waals surface area contributed by atoms with Crippen molar-refractivity contribution in [1.29, 1.82) is 0 Å². The van der Waals surface area contributed by atoms with Crippen LogP contribution in [0.5, 0.6) is 0 Å². The minimum absolute atomic E-state index is 0.0591. The average Bonchev–Trinajstić information content (AvgIpc) is 3.42. The Morgan fingerprint density at radius 2 is 2.10 bits per heavy atom. The highest BCUT2D eigenvalue weighted by Gasteiger charge is 2.25. The van der Waals surface area contributed by atoms with Gasteiger partial charge in [-0.2, -0.15) is 5.10 Å². The summed E-state index contributed by atoms with van der Waals surface area (Å²) in [7, 11) is 0. The lowest BCUT2D eigenvalue weighted by atomic mass is 10.1. The highest BCUT2D eigenvalue weighted by Crippen LogP contribution is 2.33. The highest BCUT2D eigenvalue weighted by atomic mass is 32.1. The number of anilines is 1. The second-order valence-electron chi connectivity index (χ2n) is 6.55. The maximum absolute atomic E-state index is 13.2. The van der Waals surface area contributed by atoms with Gasteiger partial charge in [-0.15, -0.1) is 0 Å². The Morgan fingerprint density at radius 3 is 2.79 bits per heavy atom. The second-order valence-corrected chi connectivity index (χ2v) is 8.62. The molecule has 29 heavy (non-hydrogen) atoms. The third-order valence-corrected chi connectivity index (χ3v) is 6.44. The van der Waals surface area contributed by atoms with Crippen LogP contribution in [0.4, 0.5) is 10.1 Å². The first-order valence-corrected chi connectivity index (χ1v) is 10.5. The van der Waals surface area contributed by atoms with Crippen molar-refractivity contribution in [3.05, 3.63) is 68.8 Å². The van der Waals surface area contributed by atoms with Crippen molar-refractivity contribution in [2.75, 3.05) is 11.4 Å². The van der Waals surface area contributed by atoms with Gasteiger partial charge in [0, 0.05) is 25.0 Å². The average molecular weight is 428 g/mol. The third-order valence-electron chi connectivity index (χ3n) is 4.39. The number of carbonyl (C=O) groups is 1. The van der Waals surface area contributed by atoms with E-state index in [0.717, 1.165) is 32.7 Å². The largest absolute Gasteiger partial charge is 0.324 e. The van der Waals surface area contributed by atoms with Crippen LogP contribution < -0.4 is 4.90 Å². The van der Waals surface area contributed by atoms with Gasteiger partial charge in [-0.3, -0.25) is 24.5 Å². The number of carbonyl (C=O) groups excluding carboxylic acids is 1. The van der Waals surface area contributed by atoms with E-state index < -0.39 is 4.92 Å². The number of hydrogen-bond acceptors (Lipinski definition) is 7. The fourth-order valence-electron chi connectivity index (χ4n) is 3.07. The molecule has 3 heterocycles. The lowest BCUT2D eigenvalue weighted by Gasteiger charge is -2.19. The normalized spacial score (nSPS) is 11.1. The fourth-order valence-corrected chi connectivity index (χ4v) is 5.00. The van der Waals surface area contributed by atoms with Crippen molar-refractivity contribution in [3.8, 4) is 0 Å². The number of nitro groups is 1. The third kappa shape index (κ3) is 3.89. The van der Waals surface area contributed by atoms with E-state index in [1.807, 2.05) is 26.1 Å². The number of thiazole rings is 1. The van der Waals surface area contributed by atoms with Crippen LogP contribution in [0.1, 0.15) is 20.8 Å². The molecule has 8 nitrogen and oxygen atoms in total. The molecule has 0 spiro atoms. The van der Waals surface area contributed by atoms with Crippen LogP contribution in [-0.2, 0) is 6.54 Å². The molecule has 0 saturated heterocycles. The predicted molar refractivity (Wildman–Crippen MR) is 114 cm³/mol. The molecule has 0 unspecified atom stereocenters. The van der Waals surface area contributed by atoms with Crippen LogP contribution in [0.3, 0.4) is 0 Å². The van der Waals surface area contributed by atoms with Crippen LogP contribution in [0.25, 0.3) is 10.2 Å². The Labute approximate surface area is 174 Å². The lowest BCUT2D eigenvalue weighted by Crippen LogP contribution is -2.33. The molecule has 0 aliphatic heterocycles. The van der Waals surface area contributed by atoms with E-state index in [9.17, 15) is 14.9 Å². The molecule has 4 rings (SSSR count). The first-order valence-electron chi connectivity index (χ1n) is 8.83. The van der Waals surface area contributed by atoms with Gasteiger partial charge in [0.2, 0.25) is 0 Å². The molecular formula is C19H17N5O3S2. The highest BCUT2D eigenvalue weighted by molar-refractivity contribution is 7.22. The zero-order valence-electron chi connectivity index (χ0n) is 15.7. The summed E-state index contributed by atoms with van der Waals surface area (Å²) in [5.74, 6) is -0.302. The van der Waals surface area contributed by atoms with Gasteiger partial charge < -0.3 is 0 Å². The zero-order chi connectivity index (χ0) is 20.5. The number of nitrogens with zero attached hydrogens (tertiary/aromatic N) is 5. The molecule has 1 aromatic carbocycles.